The summed E-state index contributed by atoms with van der Waals surface area (Å²) in [5.74, 6) is -0.157. The van der Waals surface area contributed by atoms with Gasteiger partial charge in [0, 0.05) is 10.9 Å². The molecule has 1 heterocycles. The van der Waals surface area contributed by atoms with Gasteiger partial charge in [-0.25, -0.2) is 4.98 Å². The molecule has 0 aliphatic rings. The Morgan fingerprint density at radius 1 is 0.800 bits per heavy atom. The minimum atomic E-state index is -0.157. The topological polar surface area (TPSA) is 30.0 Å². The fourth-order valence-electron chi connectivity index (χ4n) is 2.14. The van der Waals surface area contributed by atoms with Crippen molar-refractivity contribution in [3.8, 4) is 0 Å². The number of benzene rings is 2. The zero-order chi connectivity index (χ0) is 14.1. The van der Waals surface area contributed by atoms with Crippen LogP contribution < -0.4 is 0 Å². The summed E-state index contributed by atoms with van der Waals surface area (Å²) in [6, 6.07) is 16.3. The summed E-state index contributed by atoms with van der Waals surface area (Å²) in [7, 11) is 0. The van der Waals surface area contributed by atoms with E-state index >= 15 is 0 Å². The van der Waals surface area contributed by atoms with Crippen LogP contribution in [0.2, 0.25) is 10.3 Å². The Bertz CT molecular complexity index is 800. The van der Waals surface area contributed by atoms with E-state index in [0.29, 0.717) is 21.7 Å². The number of fused-ring (bicyclic) bond motifs is 1. The standard InChI is InChI=1S/C16H9Cl2NO/c17-15-12-9-5-4-8-11(12)13(16(18)19-15)14(20)10-6-2-1-3-7-10/h1-9H. The largest absolute Gasteiger partial charge is 0.288 e. The van der Waals surface area contributed by atoms with Crippen LogP contribution in [0.1, 0.15) is 15.9 Å². The monoisotopic (exact) mass is 301 g/mol. The average Bonchev–Trinajstić information content (AvgIpc) is 2.48. The maximum absolute atomic E-state index is 12.6. The smallest absolute Gasteiger partial charge is 0.196 e. The van der Waals surface area contributed by atoms with Gasteiger partial charge in [0.25, 0.3) is 0 Å². The molecule has 0 spiro atoms. The molecule has 0 radical (unpaired) electrons. The fraction of sp³-hybridized carbons (Fsp3) is 0. The lowest BCUT2D eigenvalue weighted by Crippen LogP contribution is -2.04. The number of rotatable bonds is 2. The number of aromatic nitrogens is 1. The van der Waals surface area contributed by atoms with E-state index in [-0.39, 0.29) is 10.9 Å². The third-order valence-corrected chi connectivity index (χ3v) is 3.65. The number of halogens is 2. The van der Waals surface area contributed by atoms with Gasteiger partial charge in [0.1, 0.15) is 10.3 Å². The molecule has 3 rings (SSSR count). The summed E-state index contributed by atoms with van der Waals surface area (Å²) in [4.78, 5) is 16.7. The van der Waals surface area contributed by atoms with Crippen LogP contribution in [0.15, 0.2) is 54.6 Å². The summed E-state index contributed by atoms with van der Waals surface area (Å²) in [5.41, 5.74) is 0.960. The highest BCUT2D eigenvalue weighted by Gasteiger charge is 2.19. The molecule has 0 aliphatic carbocycles. The molecule has 0 bridgehead atoms. The predicted molar refractivity (Wildman–Crippen MR) is 81.6 cm³/mol. The second kappa shape index (κ2) is 5.23. The van der Waals surface area contributed by atoms with Gasteiger partial charge < -0.3 is 0 Å². The zero-order valence-electron chi connectivity index (χ0n) is 10.3. The van der Waals surface area contributed by atoms with Crippen molar-refractivity contribution >= 4 is 39.8 Å². The fourth-order valence-corrected chi connectivity index (χ4v) is 2.71. The van der Waals surface area contributed by atoms with Crippen molar-refractivity contribution in [1.82, 2.24) is 4.98 Å². The van der Waals surface area contributed by atoms with E-state index in [1.54, 1.807) is 12.1 Å². The average molecular weight is 302 g/mol. The molecule has 0 aliphatic heterocycles. The summed E-state index contributed by atoms with van der Waals surface area (Å²) < 4.78 is 0. The minimum Gasteiger partial charge on any atom is -0.288 e. The molecule has 0 fully saturated rings. The van der Waals surface area contributed by atoms with Crippen LogP contribution in [0.25, 0.3) is 10.8 Å². The Balaban J connectivity index is 2.29. The minimum absolute atomic E-state index is 0.127. The Hall–Kier alpha value is -1.90. The van der Waals surface area contributed by atoms with Gasteiger partial charge in [-0.1, -0.05) is 77.8 Å². The second-order valence-electron chi connectivity index (χ2n) is 4.31. The van der Waals surface area contributed by atoms with Crippen LogP contribution >= 0.6 is 23.2 Å². The Morgan fingerprint density at radius 3 is 2.10 bits per heavy atom. The van der Waals surface area contributed by atoms with Gasteiger partial charge in [0.15, 0.2) is 5.78 Å². The summed E-state index contributed by atoms with van der Waals surface area (Å²) >= 11 is 12.2. The summed E-state index contributed by atoms with van der Waals surface area (Å²) in [5, 5.41) is 1.86. The molecule has 0 amide bonds. The third kappa shape index (κ3) is 2.17. The van der Waals surface area contributed by atoms with Gasteiger partial charge in [-0.15, -0.1) is 0 Å². The number of pyridine rings is 1. The van der Waals surface area contributed by atoms with Crippen molar-refractivity contribution in [2.24, 2.45) is 0 Å². The Morgan fingerprint density at radius 2 is 1.40 bits per heavy atom. The molecule has 0 saturated heterocycles. The van der Waals surface area contributed by atoms with Crippen LogP contribution in [0.4, 0.5) is 0 Å². The molecule has 0 unspecified atom stereocenters. The first kappa shape index (κ1) is 13.1. The van der Waals surface area contributed by atoms with Crippen molar-refractivity contribution in [3.63, 3.8) is 0 Å². The lowest BCUT2D eigenvalue weighted by molar-refractivity contribution is 0.104. The molecule has 20 heavy (non-hydrogen) atoms. The van der Waals surface area contributed by atoms with Crippen LogP contribution in [0.5, 0.6) is 0 Å². The number of carbonyl (C=O) groups excluding carboxylic acids is 1. The Kier molecular flexibility index (Phi) is 3.43. The molecule has 0 N–H and O–H groups in total. The number of ketones is 1. The molecule has 0 saturated carbocycles. The van der Waals surface area contributed by atoms with Crippen LogP contribution in [-0.2, 0) is 0 Å². The van der Waals surface area contributed by atoms with Gasteiger partial charge in [0.05, 0.1) is 5.56 Å². The molecule has 0 atom stereocenters. The molecule has 4 heteroatoms. The molecular weight excluding hydrogens is 293 g/mol. The van der Waals surface area contributed by atoms with Crippen LogP contribution in [0, 0.1) is 0 Å². The highest BCUT2D eigenvalue weighted by Crippen LogP contribution is 2.31. The number of hydrogen-bond acceptors (Lipinski definition) is 2. The van der Waals surface area contributed by atoms with Gasteiger partial charge in [-0.2, -0.15) is 0 Å². The van der Waals surface area contributed by atoms with E-state index in [0.717, 1.165) is 5.39 Å². The maximum atomic E-state index is 12.6. The number of carbonyl (C=O) groups is 1. The summed E-state index contributed by atoms with van der Waals surface area (Å²) in [6.45, 7) is 0. The predicted octanol–water partition coefficient (Wildman–Crippen LogP) is 4.77. The van der Waals surface area contributed by atoms with E-state index < -0.39 is 0 Å². The lowest BCUT2D eigenvalue weighted by Gasteiger charge is -2.09. The molecular formula is C16H9Cl2NO. The van der Waals surface area contributed by atoms with Gasteiger partial charge in [0.2, 0.25) is 0 Å². The molecule has 2 nitrogen and oxygen atoms in total. The highest BCUT2D eigenvalue weighted by molar-refractivity contribution is 6.40. The normalized spacial score (nSPS) is 10.7. The van der Waals surface area contributed by atoms with Crippen molar-refractivity contribution < 1.29 is 4.79 Å². The Labute approximate surface area is 126 Å². The van der Waals surface area contributed by atoms with E-state index in [1.165, 1.54) is 0 Å². The molecule has 2 aromatic carbocycles. The van der Waals surface area contributed by atoms with Gasteiger partial charge in [-0.05, 0) is 5.39 Å². The SMILES string of the molecule is O=C(c1ccccc1)c1c(Cl)nc(Cl)c2ccccc12. The maximum Gasteiger partial charge on any atom is 0.196 e. The molecule has 1 aromatic heterocycles. The number of nitrogens with zero attached hydrogens (tertiary/aromatic N) is 1. The molecule has 98 valence electrons. The van der Waals surface area contributed by atoms with Crippen molar-refractivity contribution in [1.29, 1.82) is 0 Å². The van der Waals surface area contributed by atoms with E-state index in [4.69, 9.17) is 23.2 Å². The van der Waals surface area contributed by atoms with Gasteiger partial charge >= 0.3 is 0 Å². The summed E-state index contributed by atoms with van der Waals surface area (Å²) in [6.07, 6.45) is 0. The highest BCUT2D eigenvalue weighted by atomic mass is 35.5. The first-order valence-electron chi connectivity index (χ1n) is 6.02. The van der Waals surface area contributed by atoms with Crippen molar-refractivity contribution in [2.45, 2.75) is 0 Å². The van der Waals surface area contributed by atoms with Crippen molar-refractivity contribution in [2.75, 3.05) is 0 Å². The molecule has 3 aromatic rings. The first-order valence-corrected chi connectivity index (χ1v) is 6.77. The van der Waals surface area contributed by atoms with E-state index in [2.05, 4.69) is 4.98 Å². The second-order valence-corrected chi connectivity index (χ2v) is 5.03. The number of hydrogen-bond donors (Lipinski definition) is 0. The zero-order valence-corrected chi connectivity index (χ0v) is 11.8. The first-order chi connectivity index (χ1) is 9.68. The van der Waals surface area contributed by atoms with Crippen LogP contribution in [0.3, 0.4) is 0 Å². The van der Waals surface area contributed by atoms with Gasteiger partial charge in [-0.3, -0.25) is 4.79 Å². The van der Waals surface area contributed by atoms with Crippen molar-refractivity contribution in [3.05, 3.63) is 76.0 Å². The van der Waals surface area contributed by atoms with Crippen LogP contribution in [-0.4, -0.2) is 10.8 Å². The lowest BCUT2D eigenvalue weighted by atomic mass is 9.99. The quantitative estimate of drug-likeness (QED) is 0.504. The van der Waals surface area contributed by atoms with E-state index in [1.807, 2.05) is 42.5 Å². The van der Waals surface area contributed by atoms with E-state index in [9.17, 15) is 4.79 Å². The third-order valence-electron chi connectivity index (χ3n) is 3.08.